The molecule has 116 valence electrons. The van der Waals surface area contributed by atoms with Gasteiger partial charge in [0.05, 0.1) is 5.75 Å². The van der Waals surface area contributed by atoms with Crippen LogP contribution in [0.25, 0.3) is 0 Å². The van der Waals surface area contributed by atoms with E-state index in [9.17, 15) is 4.79 Å². The summed E-state index contributed by atoms with van der Waals surface area (Å²) < 4.78 is 0. The zero-order chi connectivity index (χ0) is 15.1. The number of amides is 1. The molecule has 1 aromatic carbocycles. The van der Waals surface area contributed by atoms with Gasteiger partial charge in [-0.25, -0.2) is 0 Å². The third-order valence-electron chi connectivity index (χ3n) is 4.12. The summed E-state index contributed by atoms with van der Waals surface area (Å²) in [6, 6.07) is 8.99. The van der Waals surface area contributed by atoms with Crippen LogP contribution in [0.15, 0.2) is 29.2 Å². The van der Waals surface area contributed by atoms with E-state index >= 15 is 0 Å². The van der Waals surface area contributed by atoms with Gasteiger partial charge in [0.25, 0.3) is 0 Å². The second-order valence-corrected chi connectivity index (χ2v) is 7.64. The van der Waals surface area contributed by atoms with Gasteiger partial charge in [0, 0.05) is 16.7 Å². The van der Waals surface area contributed by atoms with Gasteiger partial charge in [0.15, 0.2) is 0 Å². The van der Waals surface area contributed by atoms with Gasteiger partial charge >= 0.3 is 0 Å². The van der Waals surface area contributed by atoms with Crippen molar-refractivity contribution in [2.75, 3.05) is 12.0 Å². The zero-order valence-corrected chi connectivity index (χ0v) is 14.6. The monoisotopic (exact) mass is 323 g/mol. The normalized spacial score (nSPS) is 22.0. The Kier molecular flexibility index (Phi) is 6.97. The van der Waals surface area contributed by atoms with Gasteiger partial charge in [-0.2, -0.15) is 0 Å². The molecule has 1 amide bonds. The standard InChI is InChI=1S/C17H25NOS2/c1-13-5-3-4-6-16(13)18-17(19)12-21-11-14-7-9-15(20-2)10-8-14/h7-10,13,16H,3-6,11-12H2,1-2H3,(H,18,19)/t13-,16-/m1/s1. The summed E-state index contributed by atoms with van der Waals surface area (Å²) in [5, 5.41) is 3.21. The molecule has 0 aliphatic heterocycles. The van der Waals surface area contributed by atoms with E-state index < -0.39 is 0 Å². The van der Waals surface area contributed by atoms with Gasteiger partial charge in [-0.15, -0.1) is 23.5 Å². The summed E-state index contributed by atoms with van der Waals surface area (Å²) in [6.45, 7) is 2.25. The first kappa shape index (κ1) is 16.8. The number of benzene rings is 1. The van der Waals surface area contributed by atoms with E-state index in [2.05, 4.69) is 42.8 Å². The predicted octanol–water partition coefficient (Wildman–Crippen LogP) is 4.34. The first-order valence-electron chi connectivity index (χ1n) is 7.69. The second-order valence-electron chi connectivity index (χ2n) is 5.78. The molecule has 0 spiro atoms. The van der Waals surface area contributed by atoms with Crippen LogP contribution >= 0.6 is 23.5 Å². The molecule has 1 saturated carbocycles. The Morgan fingerprint density at radius 3 is 2.62 bits per heavy atom. The van der Waals surface area contributed by atoms with Crippen molar-refractivity contribution in [3.63, 3.8) is 0 Å². The van der Waals surface area contributed by atoms with E-state index in [0.29, 0.717) is 17.7 Å². The van der Waals surface area contributed by atoms with Crippen molar-refractivity contribution in [3.05, 3.63) is 29.8 Å². The van der Waals surface area contributed by atoms with Crippen molar-refractivity contribution in [1.29, 1.82) is 0 Å². The number of carbonyl (C=O) groups is 1. The minimum Gasteiger partial charge on any atom is -0.352 e. The van der Waals surface area contributed by atoms with Crippen LogP contribution in [0.2, 0.25) is 0 Å². The molecule has 1 aromatic rings. The fraction of sp³-hybridized carbons (Fsp3) is 0.588. The molecule has 4 heteroatoms. The van der Waals surface area contributed by atoms with Crippen molar-refractivity contribution in [3.8, 4) is 0 Å². The SMILES string of the molecule is CSc1ccc(CSCC(=O)N[C@@H]2CCCC[C@H]2C)cc1. The molecule has 0 radical (unpaired) electrons. The maximum atomic E-state index is 12.0. The lowest BCUT2D eigenvalue weighted by Crippen LogP contribution is -2.41. The highest BCUT2D eigenvalue weighted by atomic mass is 32.2. The number of carbonyl (C=O) groups excluding carboxylic acids is 1. The predicted molar refractivity (Wildman–Crippen MR) is 93.9 cm³/mol. The summed E-state index contributed by atoms with van der Waals surface area (Å²) in [5.74, 6) is 2.29. The molecule has 21 heavy (non-hydrogen) atoms. The quantitative estimate of drug-likeness (QED) is 0.790. The molecular weight excluding hydrogens is 298 g/mol. The van der Waals surface area contributed by atoms with Crippen molar-refractivity contribution < 1.29 is 4.79 Å². The fourth-order valence-corrected chi connectivity index (χ4v) is 3.97. The van der Waals surface area contributed by atoms with Gasteiger partial charge in [0.2, 0.25) is 5.91 Å². The number of rotatable bonds is 6. The lowest BCUT2D eigenvalue weighted by Gasteiger charge is -2.29. The summed E-state index contributed by atoms with van der Waals surface area (Å²) in [6.07, 6.45) is 7.05. The average molecular weight is 324 g/mol. The smallest absolute Gasteiger partial charge is 0.230 e. The summed E-state index contributed by atoms with van der Waals surface area (Å²) in [5.41, 5.74) is 1.29. The molecule has 0 bridgehead atoms. The van der Waals surface area contributed by atoms with Crippen molar-refractivity contribution in [2.24, 2.45) is 5.92 Å². The van der Waals surface area contributed by atoms with E-state index in [0.717, 1.165) is 12.2 Å². The maximum absolute atomic E-state index is 12.0. The summed E-state index contributed by atoms with van der Waals surface area (Å²) in [4.78, 5) is 13.3. The molecule has 1 aliphatic rings. The van der Waals surface area contributed by atoms with E-state index in [4.69, 9.17) is 0 Å². The van der Waals surface area contributed by atoms with Crippen LogP contribution in [0, 0.1) is 5.92 Å². The Balaban J connectivity index is 1.68. The molecule has 2 rings (SSSR count). The molecule has 2 nitrogen and oxygen atoms in total. The highest BCUT2D eigenvalue weighted by molar-refractivity contribution is 7.99. The van der Waals surface area contributed by atoms with Gasteiger partial charge in [-0.05, 0) is 42.7 Å². The Morgan fingerprint density at radius 1 is 1.24 bits per heavy atom. The second kappa shape index (κ2) is 8.74. The Morgan fingerprint density at radius 2 is 1.95 bits per heavy atom. The minimum absolute atomic E-state index is 0.194. The summed E-state index contributed by atoms with van der Waals surface area (Å²) in [7, 11) is 0. The number of hydrogen-bond acceptors (Lipinski definition) is 3. The Labute approximate surface area is 136 Å². The van der Waals surface area contributed by atoms with Crippen LogP contribution in [0.3, 0.4) is 0 Å². The fourth-order valence-electron chi connectivity index (χ4n) is 2.76. The average Bonchev–Trinajstić information content (AvgIpc) is 2.50. The van der Waals surface area contributed by atoms with Gasteiger partial charge < -0.3 is 5.32 Å². The van der Waals surface area contributed by atoms with Crippen LogP contribution in [0.4, 0.5) is 0 Å². The van der Waals surface area contributed by atoms with Gasteiger partial charge in [0.1, 0.15) is 0 Å². The van der Waals surface area contributed by atoms with Crippen LogP contribution in [-0.4, -0.2) is 24.0 Å². The largest absolute Gasteiger partial charge is 0.352 e. The van der Waals surface area contributed by atoms with Crippen molar-refractivity contribution in [1.82, 2.24) is 5.32 Å². The van der Waals surface area contributed by atoms with Crippen LogP contribution in [0.1, 0.15) is 38.2 Å². The topological polar surface area (TPSA) is 29.1 Å². The number of thioether (sulfide) groups is 2. The van der Waals surface area contributed by atoms with Gasteiger partial charge in [-0.3, -0.25) is 4.79 Å². The van der Waals surface area contributed by atoms with E-state index in [1.165, 1.54) is 29.7 Å². The molecular formula is C17H25NOS2. The number of hydrogen-bond donors (Lipinski definition) is 1. The Bertz CT molecular complexity index is 447. The van der Waals surface area contributed by atoms with Gasteiger partial charge in [-0.1, -0.05) is 31.9 Å². The molecule has 2 atom stereocenters. The third-order valence-corrected chi connectivity index (χ3v) is 5.87. The third kappa shape index (κ3) is 5.59. The van der Waals surface area contributed by atoms with Crippen LogP contribution < -0.4 is 5.32 Å². The molecule has 1 N–H and O–H groups in total. The highest BCUT2D eigenvalue weighted by Gasteiger charge is 2.22. The zero-order valence-electron chi connectivity index (χ0n) is 12.9. The minimum atomic E-state index is 0.194. The maximum Gasteiger partial charge on any atom is 0.230 e. The molecule has 0 heterocycles. The molecule has 0 saturated heterocycles. The first-order chi connectivity index (χ1) is 10.2. The molecule has 0 unspecified atom stereocenters. The van der Waals surface area contributed by atoms with Crippen LogP contribution in [0.5, 0.6) is 0 Å². The van der Waals surface area contributed by atoms with E-state index in [1.54, 1.807) is 23.5 Å². The highest BCUT2D eigenvalue weighted by Crippen LogP contribution is 2.24. The lowest BCUT2D eigenvalue weighted by molar-refractivity contribution is -0.119. The van der Waals surface area contributed by atoms with E-state index in [-0.39, 0.29) is 5.91 Å². The lowest BCUT2D eigenvalue weighted by atomic mass is 9.86. The molecule has 0 aromatic heterocycles. The Hall–Kier alpha value is -0.610. The van der Waals surface area contributed by atoms with Crippen LogP contribution in [-0.2, 0) is 10.5 Å². The van der Waals surface area contributed by atoms with Crippen molar-refractivity contribution >= 4 is 29.4 Å². The molecule has 1 aliphatic carbocycles. The summed E-state index contributed by atoms with van der Waals surface area (Å²) >= 11 is 3.45. The van der Waals surface area contributed by atoms with E-state index in [1.807, 2.05) is 0 Å². The molecule has 1 fully saturated rings. The van der Waals surface area contributed by atoms with Crippen molar-refractivity contribution in [2.45, 2.75) is 49.3 Å². The number of nitrogens with one attached hydrogen (secondary N) is 1. The first-order valence-corrected chi connectivity index (χ1v) is 10.1.